The number of hydroxylamine groups is 1. The lowest BCUT2D eigenvalue weighted by molar-refractivity contribution is -0.0545. The van der Waals surface area contributed by atoms with Gasteiger partial charge in [-0.1, -0.05) is 0 Å². The third kappa shape index (κ3) is 2.49. The zero-order chi connectivity index (χ0) is 13.4. The Morgan fingerprint density at radius 3 is 2.72 bits per heavy atom. The van der Waals surface area contributed by atoms with Gasteiger partial charge in [0.2, 0.25) is 0 Å². The SMILES string of the molecule is CONC1C=NCC12CN(C(=O)OC(C)(C)C)C2. The van der Waals surface area contributed by atoms with E-state index in [1.807, 2.05) is 27.0 Å². The van der Waals surface area contributed by atoms with Crippen molar-refractivity contribution in [1.82, 2.24) is 10.4 Å². The van der Waals surface area contributed by atoms with Gasteiger partial charge in [-0.2, -0.15) is 5.48 Å². The van der Waals surface area contributed by atoms with Gasteiger partial charge < -0.3 is 14.5 Å². The highest BCUT2D eigenvalue weighted by molar-refractivity contribution is 5.73. The molecule has 1 amide bonds. The van der Waals surface area contributed by atoms with Crippen molar-refractivity contribution in [3.63, 3.8) is 0 Å². The monoisotopic (exact) mass is 255 g/mol. The molecular formula is C12H21N3O3. The van der Waals surface area contributed by atoms with Crippen LogP contribution in [0.25, 0.3) is 0 Å². The molecule has 2 rings (SSSR count). The van der Waals surface area contributed by atoms with Crippen LogP contribution < -0.4 is 5.48 Å². The summed E-state index contributed by atoms with van der Waals surface area (Å²) in [7, 11) is 1.59. The summed E-state index contributed by atoms with van der Waals surface area (Å²) in [6.45, 7) is 7.65. The lowest BCUT2D eigenvalue weighted by atomic mass is 9.76. The van der Waals surface area contributed by atoms with Crippen LogP contribution in [0, 0.1) is 5.41 Å². The molecule has 1 atom stereocenters. The van der Waals surface area contributed by atoms with Crippen LogP contribution in [0.4, 0.5) is 4.79 Å². The number of nitrogens with zero attached hydrogens (tertiary/aromatic N) is 2. The van der Waals surface area contributed by atoms with Crippen LogP contribution in [-0.4, -0.2) is 55.6 Å². The van der Waals surface area contributed by atoms with E-state index < -0.39 is 5.60 Å². The molecule has 1 N–H and O–H groups in total. The normalized spacial score (nSPS) is 25.3. The Kier molecular flexibility index (Phi) is 3.33. The smallest absolute Gasteiger partial charge is 0.410 e. The van der Waals surface area contributed by atoms with Crippen LogP contribution in [0.15, 0.2) is 4.99 Å². The van der Waals surface area contributed by atoms with Gasteiger partial charge in [-0.05, 0) is 20.8 Å². The van der Waals surface area contributed by atoms with E-state index >= 15 is 0 Å². The Morgan fingerprint density at radius 2 is 2.17 bits per heavy atom. The van der Waals surface area contributed by atoms with Gasteiger partial charge in [0.1, 0.15) is 5.60 Å². The summed E-state index contributed by atoms with van der Waals surface area (Å²) < 4.78 is 5.33. The minimum absolute atomic E-state index is 0.0209. The maximum atomic E-state index is 11.9. The molecule has 0 radical (unpaired) electrons. The average Bonchev–Trinajstić information content (AvgIpc) is 2.56. The zero-order valence-electron chi connectivity index (χ0n) is 11.4. The second-order valence-corrected chi connectivity index (χ2v) is 5.99. The third-order valence-electron chi connectivity index (χ3n) is 3.23. The van der Waals surface area contributed by atoms with E-state index in [4.69, 9.17) is 9.57 Å². The van der Waals surface area contributed by atoms with Crippen molar-refractivity contribution >= 4 is 12.3 Å². The van der Waals surface area contributed by atoms with Crippen LogP contribution in [-0.2, 0) is 9.57 Å². The molecule has 1 unspecified atom stereocenters. The Hall–Kier alpha value is -1.14. The number of hydrogen-bond donors (Lipinski definition) is 1. The predicted octanol–water partition coefficient (Wildman–Crippen LogP) is 0.827. The molecule has 0 bridgehead atoms. The summed E-state index contributed by atoms with van der Waals surface area (Å²) in [5, 5.41) is 0. The molecule has 2 aliphatic heterocycles. The summed E-state index contributed by atoms with van der Waals surface area (Å²) in [6, 6.07) is 0.0705. The molecule has 0 aliphatic carbocycles. The molecule has 1 spiro atoms. The van der Waals surface area contributed by atoms with Crippen molar-refractivity contribution < 1.29 is 14.4 Å². The highest BCUT2D eigenvalue weighted by atomic mass is 16.6. The van der Waals surface area contributed by atoms with Crippen LogP contribution >= 0.6 is 0 Å². The predicted molar refractivity (Wildman–Crippen MR) is 67.5 cm³/mol. The highest BCUT2D eigenvalue weighted by Crippen LogP contribution is 2.37. The number of carbonyl (C=O) groups excluding carboxylic acids is 1. The number of amides is 1. The Labute approximate surface area is 107 Å². The second kappa shape index (κ2) is 4.51. The van der Waals surface area contributed by atoms with Gasteiger partial charge in [-0.25, -0.2) is 4.79 Å². The van der Waals surface area contributed by atoms with Crippen molar-refractivity contribution in [2.24, 2.45) is 10.4 Å². The number of aliphatic imine (C=N–C) groups is 1. The number of hydrogen-bond acceptors (Lipinski definition) is 5. The maximum Gasteiger partial charge on any atom is 0.410 e. The zero-order valence-corrected chi connectivity index (χ0v) is 11.4. The Bertz CT molecular complexity index is 356. The molecule has 1 saturated heterocycles. The molecule has 18 heavy (non-hydrogen) atoms. The first-order valence-corrected chi connectivity index (χ1v) is 6.13. The van der Waals surface area contributed by atoms with Crippen molar-refractivity contribution in [3.8, 4) is 0 Å². The lowest BCUT2D eigenvalue weighted by Gasteiger charge is -2.49. The topological polar surface area (TPSA) is 63.2 Å². The van der Waals surface area contributed by atoms with Gasteiger partial charge in [-0.15, -0.1) is 0 Å². The Morgan fingerprint density at radius 1 is 1.50 bits per heavy atom. The standard InChI is InChI=1S/C12H21N3O3/c1-11(2,3)18-10(16)15-7-12(8-15)6-13-5-9(12)14-17-4/h5,9,14H,6-8H2,1-4H3. The molecule has 0 aromatic heterocycles. The first kappa shape index (κ1) is 13.3. The first-order chi connectivity index (χ1) is 8.36. The quantitative estimate of drug-likeness (QED) is 0.742. The van der Waals surface area contributed by atoms with Crippen molar-refractivity contribution in [1.29, 1.82) is 0 Å². The number of ether oxygens (including phenoxy) is 1. The first-order valence-electron chi connectivity index (χ1n) is 6.13. The molecule has 0 saturated carbocycles. The molecule has 6 nitrogen and oxygen atoms in total. The van der Waals surface area contributed by atoms with Gasteiger partial charge >= 0.3 is 6.09 Å². The van der Waals surface area contributed by atoms with Gasteiger partial charge in [-0.3, -0.25) is 4.99 Å². The van der Waals surface area contributed by atoms with Gasteiger partial charge in [0.25, 0.3) is 0 Å². The largest absolute Gasteiger partial charge is 0.444 e. The molecular weight excluding hydrogens is 234 g/mol. The van der Waals surface area contributed by atoms with Gasteiger partial charge in [0, 0.05) is 31.3 Å². The van der Waals surface area contributed by atoms with E-state index in [9.17, 15) is 4.79 Å². The number of nitrogens with one attached hydrogen (secondary N) is 1. The fraction of sp³-hybridized carbons (Fsp3) is 0.833. The van der Waals surface area contributed by atoms with E-state index in [0.717, 1.165) is 6.54 Å². The summed E-state index contributed by atoms with van der Waals surface area (Å²) in [4.78, 5) is 22.8. The summed E-state index contributed by atoms with van der Waals surface area (Å²) >= 11 is 0. The van der Waals surface area contributed by atoms with E-state index in [1.165, 1.54) is 0 Å². The van der Waals surface area contributed by atoms with Crippen LogP contribution in [0.3, 0.4) is 0 Å². The van der Waals surface area contributed by atoms with Crippen molar-refractivity contribution in [2.75, 3.05) is 26.7 Å². The third-order valence-corrected chi connectivity index (χ3v) is 3.23. The van der Waals surface area contributed by atoms with Gasteiger partial charge in [0.05, 0.1) is 13.2 Å². The minimum atomic E-state index is -0.448. The average molecular weight is 255 g/mol. The van der Waals surface area contributed by atoms with E-state index in [0.29, 0.717) is 13.1 Å². The number of rotatable bonds is 2. The van der Waals surface area contributed by atoms with E-state index in [-0.39, 0.29) is 17.6 Å². The fourth-order valence-corrected chi connectivity index (χ4v) is 2.34. The molecule has 0 aromatic rings. The van der Waals surface area contributed by atoms with Gasteiger partial charge in [0.15, 0.2) is 0 Å². The Balaban J connectivity index is 1.88. The molecule has 0 aromatic carbocycles. The summed E-state index contributed by atoms with van der Waals surface area (Å²) in [5.74, 6) is 0. The van der Waals surface area contributed by atoms with Crippen LogP contribution in [0.2, 0.25) is 0 Å². The highest BCUT2D eigenvalue weighted by Gasteiger charge is 2.53. The van der Waals surface area contributed by atoms with Crippen molar-refractivity contribution in [2.45, 2.75) is 32.4 Å². The van der Waals surface area contributed by atoms with Crippen molar-refractivity contribution in [3.05, 3.63) is 0 Å². The van der Waals surface area contributed by atoms with E-state index in [2.05, 4.69) is 10.5 Å². The van der Waals surface area contributed by atoms with Crippen LogP contribution in [0.5, 0.6) is 0 Å². The molecule has 1 fully saturated rings. The minimum Gasteiger partial charge on any atom is -0.444 e. The van der Waals surface area contributed by atoms with Crippen LogP contribution in [0.1, 0.15) is 20.8 Å². The van der Waals surface area contributed by atoms with E-state index in [1.54, 1.807) is 12.0 Å². The molecule has 102 valence electrons. The molecule has 2 aliphatic rings. The number of likely N-dealkylation sites (tertiary alicyclic amines) is 1. The lowest BCUT2D eigenvalue weighted by Crippen LogP contribution is -2.66. The number of carbonyl (C=O) groups is 1. The molecule has 6 heteroatoms. The summed E-state index contributed by atoms with van der Waals surface area (Å²) in [6.07, 6.45) is 1.60. The second-order valence-electron chi connectivity index (χ2n) is 5.99. The fourth-order valence-electron chi connectivity index (χ4n) is 2.34. The summed E-state index contributed by atoms with van der Waals surface area (Å²) in [5.41, 5.74) is 2.45. The molecule has 2 heterocycles. The maximum absolute atomic E-state index is 11.9.